The first-order valence-electron chi connectivity index (χ1n) is 7.52. The van der Waals surface area contributed by atoms with Gasteiger partial charge >= 0.3 is 0 Å². The van der Waals surface area contributed by atoms with Crippen LogP contribution in [-0.2, 0) is 13.1 Å². The van der Waals surface area contributed by atoms with Crippen LogP contribution >= 0.6 is 0 Å². The van der Waals surface area contributed by atoms with Crippen molar-refractivity contribution in [1.29, 1.82) is 0 Å². The molecule has 0 spiro atoms. The van der Waals surface area contributed by atoms with Crippen molar-refractivity contribution in [1.82, 2.24) is 15.3 Å². The van der Waals surface area contributed by atoms with Gasteiger partial charge in [0.15, 0.2) is 0 Å². The molecule has 1 saturated carbocycles. The van der Waals surface area contributed by atoms with Crippen LogP contribution in [-0.4, -0.2) is 23.1 Å². The van der Waals surface area contributed by atoms with E-state index in [1.165, 1.54) is 24.0 Å². The van der Waals surface area contributed by atoms with Crippen LogP contribution in [0.4, 0.5) is 5.95 Å². The molecule has 0 atom stereocenters. The lowest BCUT2D eigenvalue weighted by atomic mass is 10.1. The number of aryl methyl sites for hydroxylation is 1. The van der Waals surface area contributed by atoms with Crippen molar-refractivity contribution in [3.05, 3.63) is 53.3 Å². The van der Waals surface area contributed by atoms with E-state index in [2.05, 4.69) is 51.4 Å². The van der Waals surface area contributed by atoms with Crippen molar-refractivity contribution in [3.8, 4) is 0 Å². The third-order valence-corrected chi connectivity index (χ3v) is 3.87. The molecule has 3 rings (SSSR count). The highest BCUT2D eigenvalue weighted by atomic mass is 15.2. The second-order valence-corrected chi connectivity index (χ2v) is 5.83. The van der Waals surface area contributed by atoms with Gasteiger partial charge in [0.2, 0.25) is 5.95 Å². The van der Waals surface area contributed by atoms with Gasteiger partial charge in [-0.05, 0) is 30.9 Å². The van der Waals surface area contributed by atoms with E-state index < -0.39 is 0 Å². The van der Waals surface area contributed by atoms with E-state index in [9.17, 15) is 0 Å². The van der Waals surface area contributed by atoms with Gasteiger partial charge in [0.05, 0.1) is 0 Å². The number of nitrogens with zero attached hydrogens (tertiary/aromatic N) is 3. The van der Waals surface area contributed by atoms with Crippen molar-refractivity contribution in [2.45, 2.75) is 38.9 Å². The lowest BCUT2D eigenvalue weighted by Gasteiger charge is -2.18. The van der Waals surface area contributed by atoms with E-state index in [-0.39, 0.29) is 0 Å². The molecule has 1 aromatic heterocycles. The van der Waals surface area contributed by atoms with E-state index >= 15 is 0 Å². The summed E-state index contributed by atoms with van der Waals surface area (Å²) in [4.78, 5) is 11.0. The maximum Gasteiger partial charge on any atom is 0.225 e. The quantitative estimate of drug-likeness (QED) is 0.884. The van der Waals surface area contributed by atoms with Crippen molar-refractivity contribution >= 4 is 5.95 Å². The smallest absolute Gasteiger partial charge is 0.225 e. The summed E-state index contributed by atoms with van der Waals surface area (Å²) in [5.74, 6) is 0.772. The van der Waals surface area contributed by atoms with Crippen LogP contribution in [0, 0.1) is 6.92 Å². The van der Waals surface area contributed by atoms with Gasteiger partial charge in [-0.15, -0.1) is 0 Å². The second kappa shape index (κ2) is 6.22. The molecule has 4 nitrogen and oxygen atoms in total. The highest BCUT2D eigenvalue weighted by Crippen LogP contribution is 2.19. The van der Waals surface area contributed by atoms with E-state index in [1.54, 1.807) is 0 Å². The minimum Gasteiger partial charge on any atom is -0.340 e. The van der Waals surface area contributed by atoms with Crippen LogP contribution in [0.2, 0.25) is 0 Å². The zero-order valence-electron chi connectivity index (χ0n) is 12.7. The van der Waals surface area contributed by atoms with E-state index in [0.29, 0.717) is 6.04 Å². The molecule has 1 N–H and O–H groups in total. The summed E-state index contributed by atoms with van der Waals surface area (Å²) in [5.41, 5.74) is 3.76. The molecule has 1 fully saturated rings. The van der Waals surface area contributed by atoms with Crippen LogP contribution in [0.3, 0.4) is 0 Å². The Labute approximate surface area is 126 Å². The molecule has 0 amide bonds. The van der Waals surface area contributed by atoms with Gasteiger partial charge in [-0.2, -0.15) is 0 Å². The number of aromatic nitrogens is 2. The highest BCUT2D eigenvalue weighted by molar-refractivity contribution is 5.34. The minimum atomic E-state index is 0.716. The van der Waals surface area contributed by atoms with Crippen LogP contribution in [0.1, 0.15) is 29.5 Å². The summed E-state index contributed by atoms with van der Waals surface area (Å²) in [6.07, 6.45) is 6.45. The van der Waals surface area contributed by atoms with Crippen molar-refractivity contribution in [3.63, 3.8) is 0 Å². The van der Waals surface area contributed by atoms with Crippen LogP contribution in [0.15, 0.2) is 36.7 Å². The molecule has 0 bridgehead atoms. The average molecular weight is 282 g/mol. The van der Waals surface area contributed by atoms with Crippen molar-refractivity contribution < 1.29 is 0 Å². The number of nitrogens with one attached hydrogen (secondary N) is 1. The van der Waals surface area contributed by atoms with Gasteiger partial charge in [0.25, 0.3) is 0 Å². The predicted octanol–water partition coefficient (Wildman–Crippen LogP) is 2.67. The van der Waals surface area contributed by atoms with E-state index in [1.807, 2.05) is 19.4 Å². The number of benzene rings is 1. The van der Waals surface area contributed by atoms with E-state index in [0.717, 1.165) is 24.6 Å². The molecule has 2 aromatic rings. The SMILES string of the molecule is Cc1ccccc1CN(C)c1ncc(CNC2CC2)cn1. The molecule has 0 unspecified atom stereocenters. The fourth-order valence-electron chi connectivity index (χ4n) is 2.30. The molecule has 0 radical (unpaired) electrons. The molecule has 1 aliphatic rings. The average Bonchev–Trinajstić information content (AvgIpc) is 3.32. The third kappa shape index (κ3) is 3.79. The van der Waals surface area contributed by atoms with Crippen LogP contribution in [0.25, 0.3) is 0 Å². The van der Waals surface area contributed by atoms with Gasteiger partial charge in [0, 0.05) is 44.1 Å². The first-order valence-corrected chi connectivity index (χ1v) is 7.52. The third-order valence-electron chi connectivity index (χ3n) is 3.87. The molecule has 0 saturated heterocycles. The molecular formula is C17H22N4. The molecule has 4 heteroatoms. The van der Waals surface area contributed by atoms with Gasteiger partial charge in [-0.25, -0.2) is 9.97 Å². The van der Waals surface area contributed by atoms with Gasteiger partial charge in [-0.1, -0.05) is 24.3 Å². The Morgan fingerprint density at radius 2 is 1.90 bits per heavy atom. The van der Waals surface area contributed by atoms with Crippen molar-refractivity contribution in [2.24, 2.45) is 0 Å². The monoisotopic (exact) mass is 282 g/mol. The van der Waals surface area contributed by atoms with Crippen molar-refractivity contribution in [2.75, 3.05) is 11.9 Å². The Morgan fingerprint density at radius 3 is 2.57 bits per heavy atom. The largest absolute Gasteiger partial charge is 0.340 e. The summed E-state index contributed by atoms with van der Waals surface area (Å²) in [7, 11) is 2.03. The van der Waals surface area contributed by atoms with Gasteiger partial charge in [-0.3, -0.25) is 0 Å². The zero-order valence-corrected chi connectivity index (χ0v) is 12.7. The number of hydrogen-bond acceptors (Lipinski definition) is 4. The Balaban J connectivity index is 1.61. The summed E-state index contributed by atoms with van der Waals surface area (Å²) < 4.78 is 0. The van der Waals surface area contributed by atoms with Crippen LogP contribution in [0.5, 0.6) is 0 Å². The van der Waals surface area contributed by atoms with Crippen LogP contribution < -0.4 is 10.2 Å². The summed E-state index contributed by atoms with van der Waals surface area (Å²) in [6.45, 7) is 3.83. The zero-order chi connectivity index (χ0) is 14.7. The molecular weight excluding hydrogens is 260 g/mol. The summed E-state index contributed by atoms with van der Waals surface area (Å²) in [6, 6.07) is 9.14. The molecule has 1 aliphatic carbocycles. The fourth-order valence-corrected chi connectivity index (χ4v) is 2.30. The minimum absolute atomic E-state index is 0.716. The number of rotatable bonds is 6. The normalized spacial score (nSPS) is 14.2. The Morgan fingerprint density at radius 1 is 1.19 bits per heavy atom. The second-order valence-electron chi connectivity index (χ2n) is 5.83. The van der Waals surface area contributed by atoms with Gasteiger partial charge < -0.3 is 10.2 Å². The van der Waals surface area contributed by atoms with E-state index in [4.69, 9.17) is 0 Å². The number of anilines is 1. The molecule has 0 aliphatic heterocycles. The lowest BCUT2D eigenvalue weighted by molar-refractivity contribution is 0.682. The fraction of sp³-hybridized carbons (Fsp3) is 0.412. The Bertz CT molecular complexity index is 590. The standard InChI is InChI=1S/C17H22N4/c1-13-5-3-4-6-15(13)12-21(2)17-19-10-14(11-20-17)9-18-16-7-8-16/h3-6,10-11,16,18H,7-9,12H2,1-2H3. The topological polar surface area (TPSA) is 41.1 Å². The first-order chi connectivity index (χ1) is 10.2. The molecule has 110 valence electrons. The summed E-state index contributed by atoms with van der Waals surface area (Å²) in [5, 5.41) is 3.48. The Hall–Kier alpha value is -1.94. The predicted molar refractivity (Wildman–Crippen MR) is 85.2 cm³/mol. The Kier molecular flexibility index (Phi) is 4.15. The highest BCUT2D eigenvalue weighted by Gasteiger charge is 2.20. The first kappa shape index (κ1) is 14.0. The molecule has 1 aromatic carbocycles. The lowest BCUT2D eigenvalue weighted by Crippen LogP contribution is -2.20. The molecule has 1 heterocycles. The maximum atomic E-state index is 4.48. The summed E-state index contributed by atoms with van der Waals surface area (Å²) >= 11 is 0. The molecule has 21 heavy (non-hydrogen) atoms. The van der Waals surface area contributed by atoms with Gasteiger partial charge in [0.1, 0.15) is 0 Å². The maximum absolute atomic E-state index is 4.48. The number of hydrogen-bond donors (Lipinski definition) is 1.